The van der Waals surface area contributed by atoms with Crippen molar-refractivity contribution >= 4 is 15.9 Å². The molecule has 130 valence electrons. The third-order valence-electron chi connectivity index (χ3n) is 4.50. The summed E-state index contributed by atoms with van der Waals surface area (Å²) in [7, 11) is -2.08. The molecule has 1 N–H and O–H groups in total. The lowest BCUT2D eigenvalue weighted by Crippen LogP contribution is -2.51. The Morgan fingerprint density at radius 1 is 1.35 bits per heavy atom. The second-order valence-corrected chi connectivity index (χ2v) is 7.99. The zero-order valence-corrected chi connectivity index (χ0v) is 15.3. The van der Waals surface area contributed by atoms with Crippen LogP contribution in [0.3, 0.4) is 0 Å². The van der Waals surface area contributed by atoms with E-state index in [0.717, 1.165) is 19.3 Å². The summed E-state index contributed by atoms with van der Waals surface area (Å²) < 4.78 is 29.3. The van der Waals surface area contributed by atoms with Crippen LogP contribution in [0.4, 0.5) is 0 Å². The summed E-state index contributed by atoms with van der Waals surface area (Å²) in [4.78, 5) is 14.5. The minimum absolute atomic E-state index is 0.157. The molecule has 0 bridgehead atoms. The van der Waals surface area contributed by atoms with Gasteiger partial charge in [0.05, 0.1) is 17.4 Å². The SMILES string of the molecule is Cc1nn(C)c(C)c1S(=O)(=O)N[C@@H](C)C(=O)N1CCCC[C@H]1C. The average Bonchev–Trinajstić information content (AvgIpc) is 2.71. The van der Waals surface area contributed by atoms with Gasteiger partial charge in [-0.1, -0.05) is 0 Å². The summed E-state index contributed by atoms with van der Waals surface area (Å²) in [6.07, 6.45) is 3.04. The number of hydrogen-bond acceptors (Lipinski definition) is 4. The number of rotatable bonds is 4. The van der Waals surface area contributed by atoms with Crippen molar-refractivity contribution < 1.29 is 13.2 Å². The first kappa shape index (κ1) is 17.9. The molecule has 0 unspecified atom stereocenters. The Kier molecular flexibility index (Phi) is 5.15. The Bertz CT molecular complexity index is 696. The minimum atomic E-state index is -3.78. The van der Waals surface area contributed by atoms with Crippen LogP contribution in [0.15, 0.2) is 4.90 Å². The van der Waals surface area contributed by atoms with Crippen LogP contribution in [-0.4, -0.2) is 47.6 Å². The fourth-order valence-corrected chi connectivity index (χ4v) is 4.79. The molecule has 23 heavy (non-hydrogen) atoms. The second kappa shape index (κ2) is 6.60. The first-order valence-electron chi connectivity index (χ1n) is 7.98. The average molecular weight is 342 g/mol. The smallest absolute Gasteiger partial charge is 0.244 e. The molecule has 0 aromatic carbocycles. The molecule has 2 heterocycles. The van der Waals surface area contributed by atoms with E-state index in [1.807, 2.05) is 6.92 Å². The molecule has 1 fully saturated rings. The lowest BCUT2D eigenvalue weighted by atomic mass is 10.0. The molecule has 0 aliphatic carbocycles. The third kappa shape index (κ3) is 3.58. The van der Waals surface area contributed by atoms with Crippen LogP contribution >= 0.6 is 0 Å². The molecule has 0 radical (unpaired) electrons. The fraction of sp³-hybridized carbons (Fsp3) is 0.733. The van der Waals surface area contributed by atoms with Crippen LogP contribution < -0.4 is 4.72 Å². The van der Waals surface area contributed by atoms with Gasteiger partial charge in [-0.15, -0.1) is 0 Å². The largest absolute Gasteiger partial charge is 0.339 e. The van der Waals surface area contributed by atoms with E-state index in [1.54, 1.807) is 32.7 Å². The van der Waals surface area contributed by atoms with Crippen LogP contribution in [0.1, 0.15) is 44.5 Å². The molecule has 0 saturated carbocycles. The summed E-state index contributed by atoms with van der Waals surface area (Å²) in [5.74, 6) is -0.167. The maximum atomic E-state index is 12.6. The van der Waals surface area contributed by atoms with Gasteiger partial charge < -0.3 is 4.90 Å². The van der Waals surface area contributed by atoms with Crippen molar-refractivity contribution in [3.8, 4) is 0 Å². The van der Waals surface area contributed by atoms with Gasteiger partial charge in [0.15, 0.2) is 0 Å². The van der Waals surface area contributed by atoms with Gasteiger partial charge in [-0.25, -0.2) is 8.42 Å². The molecule has 1 amide bonds. The number of aryl methyl sites for hydroxylation is 2. The fourth-order valence-electron chi connectivity index (χ4n) is 3.16. The summed E-state index contributed by atoms with van der Waals surface area (Å²) in [6, 6.07) is -0.635. The summed E-state index contributed by atoms with van der Waals surface area (Å²) in [5.41, 5.74) is 0.990. The van der Waals surface area contributed by atoms with Gasteiger partial charge in [-0.3, -0.25) is 9.48 Å². The molecule has 1 saturated heterocycles. The third-order valence-corrected chi connectivity index (χ3v) is 6.29. The maximum Gasteiger partial charge on any atom is 0.244 e. The molecule has 1 aromatic heterocycles. The zero-order valence-electron chi connectivity index (χ0n) is 14.5. The Balaban J connectivity index is 2.18. The molecule has 1 aromatic rings. The number of nitrogens with one attached hydrogen (secondary N) is 1. The van der Waals surface area contributed by atoms with Crippen LogP contribution in [0, 0.1) is 13.8 Å². The van der Waals surface area contributed by atoms with Gasteiger partial charge >= 0.3 is 0 Å². The quantitative estimate of drug-likeness (QED) is 0.888. The van der Waals surface area contributed by atoms with Crippen molar-refractivity contribution in [2.24, 2.45) is 7.05 Å². The van der Waals surface area contributed by atoms with Crippen LogP contribution in [0.2, 0.25) is 0 Å². The Hall–Kier alpha value is -1.41. The zero-order chi connectivity index (χ0) is 17.4. The van der Waals surface area contributed by atoms with Gasteiger partial charge in [-0.05, 0) is 47.0 Å². The van der Waals surface area contributed by atoms with Crippen LogP contribution in [0.25, 0.3) is 0 Å². The number of likely N-dealkylation sites (tertiary alicyclic amines) is 1. The number of sulfonamides is 1. The van der Waals surface area contributed by atoms with Crippen molar-refractivity contribution in [3.63, 3.8) is 0 Å². The van der Waals surface area contributed by atoms with Gasteiger partial charge in [0.2, 0.25) is 15.9 Å². The molecular formula is C15H26N4O3S. The van der Waals surface area contributed by atoms with Crippen LogP contribution in [0.5, 0.6) is 0 Å². The van der Waals surface area contributed by atoms with Gasteiger partial charge in [-0.2, -0.15) is 9.82 Å². The van der Waals surface area contributed by atoms with Gasteiger partial charge in [0, 0.05) is 19.6 Å². The minimum Gasteiger partial charge on any atom is -0.339 e. The van der Waals surface area contributed by atoms with E-state index in [2.05, 4.69) is 9.82 Å². The first-order valence-corrected chi connectivity index (χ1v) is 9.46. The van der Waals surface area contributed by atoms with Gasteiger partial charge in [0.1, 0.15) is 4.90 Å². The van der Waals surface area contributed by atoms with E-state index < -0.39 is 16.1 Å². The highest BCUT2D eigenvalue weighted by atomic mass is 32.2. The van der Waals surface area contributed by atoms with Gasteiger partial charge in [0.25, 0.3) is 0 Å². The molecule has 1 aliphatic heterocycles. The van der Waals surface area contributed by atoms with E-state index in [-0.39, 0.29) is 16.8 Å². The predicted molar refractivity (Wildman–Crippen MR) is 87.5 cm³/mol. The Morgan fingerprint density at radius 2 is 2.00 bits per heavy atom. The molecule has 0 spiro atoms. The van der Waals surface area contributed by atoms with E-state index >= 15 is 0 Å². The topological polar surface area (TPSA) is 84.3 Å². The normalized spacial score (nSPS) is 20.6. The number of carbonyl (C=O) groups excluding carboxylic acids is 1. The van der Waals surface area contributed by atoms with E-state index in [4.69, 9.17) is 0 Å². The lowest BCUT2D eigenvalue weighted by Gasteiger charge is -2.35. The predicted octanol–water partition coefficient (Wildman–Crippen LogP) is 1.10. The maximum absolute atomic E-state index is 12.6. The standard InChI is InChI=1S/C15H26N4O3S/c1-10-8-6-7-9-19(10)15(20)12(3)17-23(21,22)14-11(2)16-18(5)13(14)4/h10,12,17H,6-9H2,1-5H3/t10-,12+/m1/s1. The van der Waals surface area contributed by atoms with Crippen molar-refractivity contribution in [2.45, 2.75) is 63.9 Å². The first-order chi connectivity index (χ1) is 10.6. The lowest BCUT2D eigenvalue weighted by molar-refractivity contribution is -0.135. The highest BCUT2D eigenvalue weighted by Crippen LogP contribution is 2.20. The summed E-state index contributed by atoms with van der Waals surface area (Å²) >= 11 is 0. The molecule has 2 rings (SSSR count). The highest BCUT2D eigenvalue weighted by molar-refractivity contribution is 7.89. The molecule has 7 nitrogen and oxygen atoms in total. The molecular weight excluding hydrogens is 316 g/mol. The number of amides is 1. The van der Waals surface area contributed by atoms with Crippen molar-refractivity contribution in [1.82, 2.24) is 19.4 Å². The summed E-state index contributed by atoms with van der Waals surface area (Å²) in [5, 5.41) is 4.13. The van der Waals surface area contributed by atoms with E-state index in [9.17, 15) is 13.2 Å². The highest BCUT2D eigenvalue weighted by Gasteiger charge is 2.32. The number of nitrogens with zero attached hydrogens (tertiary/aromatic N) is 3. The number of piperidine rings is 1. The monoisotopic (exact) mass is 342 g/mol. The van der Waals surface area contributed by atoms with E-state index in [0.29, 0.717) is 17.9 Å². The van der Waals surface area contributed by atoms with E-state index in [1.165, 1.54) is 4.68 Å². The van der Waals surface area contributed by atoms with Crippen molar-refractivity contribution in [3.05, 3.63) is 11.4 Å². The number of hydrogen-bond donors (Lipinski definition) is 1. The Labute approximate surface area is 138 Å². The number of aromatic nitrogens is 2. The second-order valence-electron chi connectivity index (χ2n) is 6.34. The Morgan fingerprint density at radius 3 is 2.52 bits per heavy atom. The molecule has 8 heteroatoms. The number of carbonyl (C=O) groups is 1. The van der Waals surface area contributed by atoms with Crippen molar-refractivity contribution in [1.29, 1.82) is 0 Å². The van der Waals surface area contributed by atoms with Crippen LogP contribution in [-0.2, 0) is 21.9 Å². The van der Waals surface area contributed by atoms with Crippen molar-refractivity contribution in [2.75, 3.05) is 6.54 Å². The summed E-state index contributed by atoms with van der Waals surface area (Å²) in [6.45, 7) is 7.65. The molecule has 2 atom stereocenters. The molecule has 1 aliphatic rings.